The second-order valence-electron chi connectivity index (χ2n) is 1.74. The summed E-state index contributed by atoms with van der Waals surface area (Å²) in [6.45, 7) is 0. The fraction of sp³-hybridized carbons (Fsp3) is 0.600. The third-order valence-electron chi connectivity index (χ3n) is 1.13. The smallest absolute Gasteiger partial charge is 0.234 e. The first-order chi connectivity index (χ1) is 4.34. The predicted octanol–water partition coefficient (Wildman–Crippen LogP) is -0.235. The van der Waals surface area contributed by atoms with E-state index in [1.54, 1.807) is 0 Å². The topological polar surface area (TPSA) is 46.2 Å². The number of hydrogen-bond donors (Lipinski definition) is 1. The van der Waals surface area contributed by atoms with Crippen LogP contribution in [0.15, 0.2) is 0 Å². The molecule has 0 bridgehead atoms. The minimum absolute atomic E-state index is 0.00731. The Morgan fingerprint density at radius 1 is 1.89 bits per heavy atom. The average molecular weight is 145 g/mol. The lowest BCUT2D eigenvalue weighted by Crippen LogP contribution is -2.22. The Morgan fingerprint density at radius 3 is 3.11 bits per heavy atom. The van der Waals surface area contributed by atoms with Gasteiger partial charge in [0.2, 0.25) is 5.91 Å². The van der Waals surface area contributed by atoms with Crippen LogP contribution >= 0.6 is 11.8 Å². The van der Waals surface area contributed by atoms with Gasteiger partial charge in [0.1, 0.15) is 6.29 Å². The SMILES string of the molecule is O=CCC1SCNC1=O. The minimum Gasteiger partial charge on any atom is -0.346 e. The van der Waals surface area contributed by atoms with Gasteiger partial charge < -0.3 is 10.1 Å². The molecule has 0 aromatic heterocycles. The number of thioether (sulfide) groups is 1. The third-order valence-corrected chi connectivity index (χ3v) is 2.25. The minimum atomic E-state index is -0.123. The fourth-order valence-electron chi connectivity index (χ4n) is 0.665. The lowest BCUT2D eigenvalue weighted by atomic mass is 10.3. The zero-order valence-electron chi connectivity index (χ0n) is 4.79. The second-order valence-corrected chi connectivity index (χ2v) is 2.93. The maximum absolute atomic E-state index is 10.7. The Bertz CT molecular complexity index is 137. The van der Waals surface area contributed by atoms with Crippen molar-refractivity contribution < 1.29 is 9.59 Å². The summed E-state index contributed by atoms with van der Waals surface area (Å²) in [6.07, 6.45) is 1.12. The fourth-order valence-corrected chi connectivity index (χ4v) is 1.54. The maximum atomic E-state index is 10.7. The molecule has 0 spiro atoms. The van der Waals surface area contributed by atoms with E-state index in [-0.39, 0.29) is 11.2 Å². The van der Waals surface area contributed by atoms with Crippen molar-refractivity contribution in [3.63, 3.8) is 0 Å². The molecule has 0 aliphatic carbocycles. The third kappa shape index (κ3) is 1.45. The van der Waals surface area contributed by atoms with Crippen molar-refractivity contribution in [2.75, 3.05) is 5.88 Å². The van der Waals surface area contributed by atoms with Gasteiger partial charge in [0.25, 0.3) is 0 Å². The van der Waals surface area contributed by atoms with E-state index >= 15 is 0 Å². The van der Waals surface area contributed by atoms with Crippen LogP contribution in [-0.2, 0) is 9.59 Å². The highest BCUT2D eigenvalue weighted by Gasteiger charge is 2.23. The Balaban J connectivity index is 2.39. The summed E-state index contributed by atoms with van der Waals surface area (Å²) < 4.78 is 0. The molecule has 4 heteroatoms. The normalized spacial score (nSPS) is 25.8. The molecule has 1 fully saturated rings. The molecule has 1 N–H and O–H groups in total. The zero-order chi connectivity index (χ0) is 6.69. The molecule has 0 aromatic carbocycles. The van der Waals surface area contributed by atoms with Crippen LogP contribution in [-0.4, -0.2) is 23.3 Å². The highest BCUT2D eigenvalue weighted by molar-refractivity contribution is 8.01. The van der Waals surface area contributed by atoms with Gasteiger partial charge in [-0.15, -0.1) is 11.8 Å². The first-order valence-electron chi connectivity index (χ1n) is 2.67. The first kappa shape index (κ1) is 6.61. The van der Waals surface area contributed by atoms with Gasteiger partial charge in [0.05, 0.1) is 11.1 Å². The number of rotatable bonds is 2. The van der Waals surface area contributed by atoms with E-state index in [9.17, 15) is 9.59 Å². The van der Waals surface area contributed by atoms with Crippen LogP contribution in [0.5, 0.6) is 0 Å². The molecule has 1 rings (SSSR count). The Morgan fingerprint density at radius 2 is 2.67 bits per heavy atom. The molecular weight excluding hydrogens is 138 g/mol. The molecule has 1 heterocycles. The maximum Gasteiger partial charge on any atom is 0.234 e. The van der Waals surface area contributed by atoms with Crippen LogP contribution in [0.2, 0.25) is 0 Å². The van der Waals surface area contributed by atoms with E-state index in [2.05, 4.69) is 5.32 Å². The number of carbonyl (C=O) groups excluding carboxylic acids is 2. The molecular formula is C5H7NO2S. The number of amides is 1. The van der Waals surface area contributed by atoms with Gasteiger partial charge in [-0.05, 0) is 0 Å². The molecule has 1 aliphatic rings. The van der Waals surface area contributed by atoms with Gasteiger partial charge >= 0.3 is 0 Å². The van der Waals surface area contributed by atoms with E-state index < -0.39 is 0 Å². The molecule has 0 radical (unpaired) electrons. The van der Waals surface area contributed by atoms with Crippen molar-refractivity contribution in [3.05, 3.63) is 0 Å². The van der Waals surface area contributed by atoms with Crippen LogP contribution in [0, 0.1) is 0 Å². The van der Waals surface area contributed by atoms with Crippen LogP contribution in [0.4, 0.5) is 0 Å². The number of hydrogen-bond acceptors (Lipinski definition) is 3. The van der Waals surface area contributed by atoms with Gasteiger partial charge in [-0.25, -0.2) is 0 Å². The predicted molar refractivity (Wildman–Crippen MR) is 35.1 cm³/mol. The van der Waals surface area contributed by atoms with E-state index in [0.29, 0.717) is 12.3 Å². The van der Waals surface area contributed by atoms with Crippen molar-refractivity contribution in [2.45, 2.75) is 11.7 Å². The second kappa shape index (κ2) is 2.87. The molecule has 9 heavy (non-hydrogen) atoms. The summed E-state index contributed by atoms with van der Waals surface area (Å²) in [6, 6.07) is 0. The van der Waals surface area contributed by atoms with Crippen molar-refractivity contribution in [3.8, 4) is 0 Å². The van der Waals surface area contributed by atoms with Crippen LogP contribution < -0.4 is 5.32 Å². The van der Waals surface area contributed by atoms with Gasteiger partial charge in [-0.3, -0.25) is 4.79 Å². The number of carbonyl (C=O) groups is 2. The number of aldehydes is 1. The lowest BCUT2D eigenvalue weighted by Gasteiger charge is -1.95. The molecule has 50 valence electrons. The van der Waals surface area contributed by atoms with Crippen LogP contribution in [0.25, 0.3) is 0 Å². The molecule has 1 atom stereocenters. The average Bonchev–Trinajstić information content (AvgIpc) is 2.18. The molecule has 3 nitrogen and oxygen atoms in total. The summed E-state index contributed by atoms with van der Waals surface area (Å²) in [4.78, 5) is 20.6. The van der Waals surface area contributed by atoms with E-state index in [1.165, 1.54) is 11.8 Å². The molecule has 1 amide bonds. The number of nitrogens with one attached hydrogen (secondary N) is 1. The molecule has 1 unspecified atom stereocenters. The van der Waals surface area contributed by atoms with Gasteiger partial charge in [-0.2, -0.15) is 0 Å². The van der Waals surface area contributed by atoms with Crippen molar-refractivity contribution in [1.29, 1.82) is 0 Å². The standard InChI is InChI=1S/C5H7NO2S/c7-2-1-4-5(8)6-3-9-4/h2,4H,1,3H2,(H,6,8). The lowest BCUT2D eigenvalue weighted by molar-refractivity contribution is -0.121. The summed E-state index contributed by atoms with van der Waals surface area (Å²) in [5, 5.41) is 2.50. The Labute approximate surface area is 57.2 Å². The molecule has 0 saturated carbocycles. The van der Waals surface area contributed by atoms with Gasteiger partial charge in [0, 0.05) is 6.42 Å². The van der Waals surface area contributed by atoms with Gasteiger partial charge in [0.15, 0.2) is 0 Å². The summed E-state index contributed by atoms with van der Waals surface area (Å²) >= 11 is 1.48. The molecule has 1 aliphatic heterocycles. The quantitative estimate of drug-likeness (QED) is 0.546. The van der Waals surface area contributed by atoms with Crippen LogP contribution in [0.1, 0.15) is 6.42 Å². The Kier molecular flexibility index (Phi) is 2.10. The van der Waals surface area contributed by atoms with E-state index in [0.717, 1.165) is 6.29 Å². The first-order valence-corrected chi connectivity index (χ1v) is 3.72. The summed E-state index contributed by atoms with van der Waals surface area (Å²) in [5.74, 6) is 0.643. The van der Waals surface area contributed by atoms with E-state index in [1.807, 2.05) is 0 Å². The largest absolute Gasteiger partial charge is 0.346 e. The van der Waals surface area contributed by atoms with Crippen molar-refractivity contribution in [2.24, 2.45) is 0 Å². The highest BCUT2D eigenvalue weighted by atomic mass is 32.2. The summed E-state index contributed by atoms with van der Waals surface area (Å²) in [5.41, 5.74) is 0. The summed E-state index contributed by atoms with van der Waals surface area (Å²) in [7, 11) is 0. The molecule has 1 saturated heterocycles. The van der Waals surface area contributed by atoms with Crippen molar-refractivity contribution >= 4 is 24.0 Å². The Hall–Kier alpha value is -0.510. The zero-order valence-corrected chi connectivity index (χ0v) is 5.61. The van der Waals surface area contributed by atoms with Gasteiger partial charge in [-0.1, -0.05) is 0 Å². The van der Waals surface area contributed by atoms with E-state index in [4.69, 9.17) is 0 Å². The van der Waals surface area contributed by atoms with Crippen molar-refractivity contribution in [1.82, 2.24) is 5.32 Å². The molecule has 0 aromatic rings. The van der Waals surface area contributed by atoms with Crippen LogP contribution in [0.3, 0.4) is 0 Å². The monoisotopic (exact) mass is 145 g/mol. The highest BCUT2D eigenvalue weighted by Crippen LogP contribution is 2.17.